The van der Waals surface area contributed by atoms with E-state index in [2.05, 4.69) is 60.0 Å². The number of halogens is 2. The Morgan fingerprint density at radius 3 is 2.68 bits per heavy atom. The van der Waals surface area contributed by atoms with Crippen molar-refractivity contribution in [2.24, 2.45) is 4.99 Å². The zero-order chi connectivity index (χ0) is 17.4. The molecule has 1 unspecified atom stereocenters. The summed E-state index contributed by atoms with van der Waals surface area (Å²) in [5.41, 5.74) is 1.21. The number of benzene rings is 1. The normalized spacial score (nSPS) is 17.0. The van der Waals surface area contributed by atoms with Gasteiger partial charge in [-0.2, -0.15) is 0 Å². The molecule has 0 saturated carbocycles. The highest BCUT2D eigenvalue weighted by molar-refractivity contribution is 14.0. The highest BCUT2D eigenvalue weighted by Crippen LogP contribution is 2.28. The van der Waals surface area contributed by atoms with Crippen molar-refractivity contribution >= 4 is 57.5 Å². The van der Waals surface area contributed by atoms with Crippen molar-refractivity contribution in [3.8, 4) is 0 Å². The zero-order valence-electron chi connectivity index (χ0n) is 14.7. The molecule has 25 heavy (non-hydrogen) atoms. The van der Waals surface area contributed by atoms with Crippen molar-refractivity contribution < 1.29 is 4.79 Å². The summed E-state index contributed by atoms with van der Waals surface area (Å²) < 4.78 is 1.11. The molecular formula is C17H27BrIN5O. The summed E-state index contributed by atoms with van der Waals surface area (Å²) in [6.07, 6.45) is 1.03. The van der Waals surface area contributed by atoms with Crippen LogP contribution in [-0.2, 0) is 4.79 Å². The Balaban J connectivity index is 0.00000312. The number of carbonyl (C=O) groups is 1. The summed E-state index contributed by atoms with van der Waals surface area (Å²) in [6.45, 7) is 7.36. The summed E-state index contributed by atoms with van der Waals surface area (Å²) >= 11 is 3.61. The third kappa shape index (κ3) is 7.01. The molecule has 2 rings (SSSR count). The van der Waals surface area contributed by atoms with Crippen LogP contribution in [0.4, 0.5) is 5.69 Å². The van der Waals surface area contributed by atoms with Crippen LogP contribution < -0.4 is 20.9 Å². The lowest BCUT2D eigenvalue weighted by Crippen LogP contribution is -2.45. The van der Waals surface area contributed by atoms with Crippen LogP contribution in [0.2, 0.25) is 0 Å². The van der Waals surface area contributed by atoms with E-state index < -0.39 is 0 Å². The van der Waals surface area contributed by atoms with Crippen molar-refractivity contribution in [1.82, 2.24) is 16.0 Å². The standard InChI is InChI=1S/C17H26BrN5O.HI/c1-3-19-16(24)11-21-17(20-4-2)22-13-9-10-23(12-13)15-8-6-5-7-14(15)18;/h5-8,13H,3-4,9-12H2,1-2H3,(H,19,24)(H2,20,21,22);1H. The van der Waals surface area contributed by atoms with Gasteiger partial charge in [-0.25, -0.2) is 4.99 Å². The van der Waals surface area contributed by atoms with Gasteiger partial charge in [-0.3, -0.25) is 4.79 Å². The van der Waals surface area contributed by atoms with E-state index in [4.69, 9.17) is 0 Å². The topological polar surface area (TPSA) is 68.8 Å². The average Bonchev–Trinajstić information content (AvgIpc) is 3.02. The highest BCUT2D eigenvalue weighted by Gasteiger charge is 2.24. The molecule has 0 spiro atoms. The summed E-state index contributed by atoms with van der Waals surface area (Å²) in [5.74, 6) is 0.638. The van der Waals surface area contributed by atoms with E-state index in [1.54, 1.807) is 0 Å². The fourth-order valence-corrected chi connectivity index (χ4v) is 3.26. The van der Waals surface area contributed by atoms with Gasteiger partial charge in [0.1, 0.15) is 6.54 Å². The highest BCUT2D eigenvalue weighted by atomic mass is 127. The molecular weight excluding hydrogens is 497 g/mol. The van der Waals surface area contributed by atoms with Crippen LogP contribution in [0.1, 0.15) is 20.3 Å². The number of carbonyl (C=O) groups excluding carboxylic acids is 1. The molecule has 140 valence electrons. The van der Waals surface area contributed by atoms with Crippen LogP contribution in [0.3, 0.4) is 0 Å². The van der Waals surface area contributed by atoms with E-state index in [0.717, 1.165) is 30.5 Å². The van der Waals surface area contributed by atoms with Gasteiger partial charge >= 0.3 is 0 Å². The fourth-order valence-electron chi connectivity index (χ4n) is 2.72. The summed E-state index contributed by atoms with van der Waals surface area (Å²) in [5, 5.41) is 9.40. The molecule has 1 fully saturated rings. The largest absolute Gasteiger partial charge is 0.368 e. The minimum absolute atomic E-state index is 0. The molecule has 1 amide bonds. The molecule has 1 heterocycles. The number of aliphatic imine (C=N–C) groups is 1. The van der Waals surface area contributed by atoms with Crippen LogP contribution in [0, 0.1) is 0 Å². The van der Waals surface area contributed by atoms with Crippen molar-refractivity contribution in [2.45, 2.75) is 26.3 Å². The number of likely N-dealkylation sites (N-methyl/N-ethyl adjacent to an activating group) is 1. The lowest BCUT2D eigenvalue weighted by atomic mass is 10.3. The quantitative estimate of drug-likeness (QED) is 0.304. The second-order valence-corrected chi connectivity index (χ2v) is 6.53. The van der Waals surface area contributed by atoms with E-state index >= 15 is 0 Å². The Labute approximate surface area is 175 Å². The maximum absolute atomic E-state index is 11.6. The SMILES string of the molecule is CCNC(=O)CN=C(NCC)NC1CCN(c2ccccc2Br)C1.I. The number of nitrogens with one attached hydrogen (secondary N) is 3. The third-order valence-electron chi connectivity index (χ3n) is 3.82. The number of hydrogen-bond donors (Lipinski definition) is 3. The number of anilines is 1. The molecule has 0 bridgehead atoms. The van der Waals surface area contributed by atoms with Gasteiger partial charge in [0.05, 0.1) is 5.69 Å². The number of para-hydroxylation sites is 1. The lowest BCUT2D eigenvalue weighted by Gasteiger charge is -2.21. The fraction of sp³-hybridized carbons (Fsp3) is 0.529. The van der Waals surface area contributed by atoms with Crippen molar-refractivity contribution in [1.29, 1.82) is 0 Å². The Hall–Kier alpha value is -1.03. The number of hydrogen-bond acceptors (Lipinski definition) is 3. The van der Waals surface area contributed by atoms with E-state index in [9.17, 15) is 4.79 Å². The zero-order valence-corrected chi connectivity index (χ0v) is 18.6. The first kappa shape index (κ1) is 22.0. The summed E-state index contributed by atoms with van der Waals surface area (Å²) in [6, 6.07) is 8.58. The van der Waals surface area contributed by atoms with Gasteiger partial charge < -0.3 is 20.9 Å². The van der Waals surface area contributed by atoms with E-state index in [1.807, 2.05) is 19.9 Å². The van der Waals surface area contributed by atoms with Gasteiger partial charge in [0.2, 0.25) is 5.91 Å². The van der Waals surface area contributed by atoms with E-state index in [1.165, 1.54) is 5.69 Å². The molecule has 1 aromatic carbocycles. The van der Waals surface area contributed by atoms with Crippen LogP contribution in [-0.4, -0.2) is 50.6 Å². The van der Waals surface area contributed by atoms with E-state index in [0.29, 0.717) is 18.5 Å². The Kier molecular flexibility index (Phi) is 10.2. The van der Waals surface area contributed by atoms with Gasteiger partial charge in [0.15, 0.2) is 5.96 Å². The van der Waals surface area contributed by atoms with Gasteiger partial charge in [0.25, 0.3) is 0 Å². The predicted octanol–water partition coefficient (Wildman–Crippen LogP) is 2.34. The van der Waals surface area contributed by atoms with Crippen LogP contribution >= 0.6 is 39.9 Å². The molecule has 1 aliphatic rings. The molecule has 6 nitrogen and oxygen atoms in total. The Morgan fingerprint density at radius 1 is 1.28 bits per heavy atom. The van der Waals surface area contributed by atoms with Crippen LogP contribution in [0.5, 0.6) is 0 Å². The van der Waals surface area contributed by atoms with Crippen molar-refractivity contribution in [3.05, 3.63) is 28.7 Å². The summed E-state index contributed by atoms with van der Waals surface area (Å²) in [4.78, 5) is 18.3. The van der Waals surface area contributed by atoms with Crippen LogP contribution in [0.25, 0.3) is 0 Å². The second kappa shape index (κ2) is 11.6. The first-order chi connectivity index (χ1) is 11.6. The minimum atomic E-state index is -0.0593. The minimum Gasteiger partial charge on any atom is -0.368 e. The second-order valence-electron chi connectivity index (χ2n) is 5.68. The van der Waals surface area contributed by atoms with Gasteiger partial charge in [0, 0.05) is 36.7 Å². The maximum Gasteiger partial charge on any atom is 0.241 e. The smallest absolute Gasteiger partial charge is 0.241 e. The first-order valence-electron chi connectivity index (χ1n) is 8.45. The average molecular weight is 524 g/mol. The van der Waals surface area contributed by atoms with Crippen molar-refractivity contribution in [2.75, 3.05) is 37.6 Å². The number of guanidine groups is 1. The van der Waals surface area contributed by atoms with E-state index in [-0.39, 0.29) is 36.4 Å². The van der Waals surface area contributed by atoms with Crippen molar-refractivity contribution in [3.63, 3.8) is 0 Å². The molecule has 1 atom stereocenters. The monoisotopic (exact) mass is 523 g/mol. The van der Waals surface area contributed by atoms with Gasteiger partial charge in [-0.15, -0.1) is 24.0 Å². The lowest BCUT2D eigenvalue weighted by molar-refractivity contribution is -0.119. The first-order valence-corrected chi connectivity index (χ1v) is 9.24. The molecule has 0 radical (unpaired) electrons. The molecule has 0 aromatic heterocycles. The molecule has 8 heteroatoms. The van der Waals surface area contributed by atoms with Gasteiger partial charge in [-0.05, 0) is 48.3 Å². The van der Waals surface area contributed by atoms with Gasteiger partial charge in [-0.1, -0.05) is 12.1 Å². The van der Waals surface area contributed by atoms with Crippen LogP contribution in [0.15, 0.2) is 33.7 Å². The molecule has 1 aliphatic heterocycles. The number of nitrogens with zero attached hydrogens (tertiary/aromatic N) is 2. The Morgan fingerprint density at radius 2 is 2.00 bits per heavy atom. The molecule has 3 N–H and O–H groups in total. The molecule has 0 aliphatic carbocycles. The maximum atomic E-state index is 11.6. The predicted molar refractivity (Wildman–Crippen MR) is 118 cm³/mol. The molecule has 1 aromatic rings. The Bertz CT molecular complexity index is 584. The third-order valence-corrected chi connectivity index (χ3v) is 4.49. The molecule has 1 saturated heterocycles. The summed E-state index contributed by atoms with van der Waals surface area (Å²) in [7, 11) is 0. The number of amides is 1. The number of rotatable bonds is 6.